The second-order valence-electron chi connectivity index (χ2n) is 6.98. The Balaban J connectivity index is 2.33. The fourth-order valence-electron chi connectivity index (χ4n) is 2.56. The highest BCUT2D eigenvalue weighted by molar-refractivity contribution is 6.09. The summed E-state index contributed by atoms with van der Waals surface area (Å²) < 4.78 is 0. The number of hydrogen-bond acceptors (Lipinski definition) is 3. The van der Waals surface area contributed by atoms with Crippen LogP contribution in [-0.4, -0.2) is 29.2 Å². The smallest absolute Gasteiger partial charge is 0.319 e. The molecule has 22 heavy (non-hydrogen) atoms. The molecular weight excluding hydrogens is 280 g/mol. The van der Waals surface area contributed by atoms with Gasteiger partial charge < -0.3 is 5.32 Å². The average molecular weight is 302 g/mol. The highest BCUT2D eigenvalue weighted by Crippen LogP contribution is 2.30. The van der Waals surface area contributed by atoms with Crippen molar-refractivity contribution in [2.75, 3.05) is 6.54 Å². The van der Waals surface area contributed by atoms with Crippen molar-refractivity contribution in [3.8, 4) is 0 Å². The van der Waals surface area contributed by atoms with Crippen LogP contribution in [0.5, 0.6) is 0 Å². The average Bonchev–Trinajstić information content (AvgIpc) is 2.62. The molecule has 1 aliphatic rings. The SMILES string of the molecule is CC(=O)CN1C(=O)NC(C)(c2ccc(C(C)(C)C)cc2)C1=O. The number of Topliss-reactive ketones (excluding diaryl/α,β-unsaturated/α-hetero) is 1. The molecule has 1 saturated heterocycles. The van der Waals surface area contributed by atoms with Crippen molar-refractivity contribution >= 4 is 17.7 Å². The maximum absolute atomic E-state index is 12.5. The van der Waals surface area contributed by atoms with Crippen molar-refractivity contribution in [3.63, 3.8) is 0 Å². The summed E-state index contributed by atoms with van der Waals surface area (Å²) in [5.41, 5.74) is 0.758. The Bertz CT molecular complexity index is 628. The highest BCUT2D eigenvalue weighted by atomic mass is 16.2. The number of benzene rings is 1. The summed E-state index contributed by atoms with van der Waals surface area (Å²) in [6, 6.07) is 7.12. The molecule has 1 aliphatic heterocycles. The third-order valence-corrected chi connectivity index (χ3v) is 3.98. The Morgan fingerprint density at radius 3 is 2.18 bits per heavy atom. The molecule has 3 amide bonds. The molecule has 0 bridgehead atoms. The third kappa shape index (κ3) is 2.75. The van der Waals surface area contributed by atoms with Crippen LogP contribution in [0.25, 0.3) is 0 Å². The second-order valence-corrected chi connectivity index (χ2v) is 6.98. The number of ketones is 1. The lowest BCUT2D eigenvalue weighted by Gasteiger charge is -2.24. The number of carbonyl (C=O) groups excluding carboxylic acids is 3. The molecule has 1 aromatic carbocycles. The van der Waals surface area contributed by atoms with E-state index in [0.717, 1.165) is 10.5 Å². The predicted octanol–water partition coefficient (Wildman–Crippen LogP) is 2.34. The molecule has 5 nitrogen and oxygen atoms in total. The third-order valence-electron chi connectivity index (χ3n) is 3.98. The van der Waals surface area contributed by atoms with Crippen LogP contribution < -0.4 is 5.32 Å². The van der Waals surface area contributed by atoms with Gasteiger partial charge in [-0.25, -0.2) is 4.79 Å². The van der Waals surface area contributed by atoms with Crippen LogP contribution in [0.15, 0.2) is 24.3 Å². The minimum absolute atomic E-state index is 0.0169. The lowest BCUT2D eigenvalue weighted by Crippen LogP contribution is -2.41. The van der Waals surface area contributed by atoms with Gasteiger partial charge in [0.15, 0.2) is 0 Å². The minimum atomic E-state index is -1.12. The standard InChI is InChI=1S/C17H22N2O3/c1-11(20)10-19-14(21)17(5,18-15(19)22)13-8-6-12(7-9-13)16(2,3)4/h6-9H,10H2,1-5H3,(H,18,22). The van der Waals surface area contributed by atoms with Crippen molar-refractivity contribution < 1.29 is 14.4 Å². The molecule has 2 rings (SSSR count). The van der Waals surface area contributed by atoms with Crippen LogP contribution in [0, 0.1) is 0 Å². The van der Waals surface area contributed by atoms with Gasteiger partial charge in [-0.3, -0.25) is 14.5 Å². The van der Waals surface area contributed by atoms with Crippen LogP contribution in [0.1, 0.15) is 45.7 Å². The lowest BCUT2D eigenvalue weighted by molar-refractivity contribution is -0.133. The summed E-state index contributed by atoms with van der Waals surface area (Å²) in [5, 5.41) is 2.70. The molecule has 1 atom stereocenters. The first kappa shape index (κ1) is 16.2. The van der Waals surface area contributed by atoms with Gasteiger partial charge in [0.2, 0.25) is 0 Å². The van der Waals surface area contributed by atoms with Crippen molar-refractivity contribution in [3.05, 3.63) is 35.4 Å². The highest BCUT2D eigenvalue weighted by Gasteiger charge is 2.49. The summed E-state index contributed by atoms with van der Waals surface area (Å²) >= 11 is 0. The van der Waals surface area contributed by atoms with Crippen molar-refractivity contribution in [1.29, 1.82) is 0 Å². The van der Waals surface area contributed by atoms with E-state index >= 15 is 0 Å². The van der Waals surface area contributed by atoms with E-state index in [-0.39, 0.29) is 17.7 Å². The summed E-state index contributed by atoms with van der Waals surface area (Å²) in [6.07, 6.45) is 0. The van der Waals surface area contributed by atoms with Crippen molar-refractivity contribution in [2.24, 2.45) is 0 Å². The number of carbonyl (C=O) groups is 3. The number of nitrogens with zero attached hydrogens (tertiary/aromatic N) is 1. The second kappa shape index (κ2) is 5.23. The van der Waals surface area contributed by atoms with E-state index < -0.39 is 17.5 Å². The molecule has 0 aromatic heterocycles. The van der Waals surface area contributed by atoms with E-state index in [2.05, 4.69) is 26.1 Å². The topological polar surface area (TPSA) is 66.5 Å². The zero-order valence-electron chi connectivity index (χ0n) is 13.7. The lowest BCUT2D eigenvalue weighted by atomic mass is 9.84. The number of imide groups is 1. The van der Waals surface area contributed by atoms with Crippen molar-refractivity contribution in [2.45, 2.75) is 45.6 Å². The van der Waals surface area contributed by atoms with E-state index in [1.165, 1.54) is 6.92 Å². The van der Waals surface area contributed by atoms with Gasteiger partial charge in [-0.1, -0.05) is 45.0 Å². The van der Waals surface area contributed by atoms with E-state index in [4.69, 9.17) is 0 Å². The molecule has 118 valence electrons. The molecule has 5 heteroatoms. The van der Waals surface area contributed by atoms with Crippen LogP contribution in [0.4, 0.5) is 4.79 Å². The zero-order chi connectivity index (χ0) is 16.7. The fourth-order valence-corrected chi connectivity index (χ4v) is 2.56. The zero-order valence-corrected chi connectivity index (χ0v) is 13.7. The Morgan fingerprint density at radius 1 is 1.18 bits per heavy atom. The van der Waals surface area contributed by atoms with Gasteiger partial charge in [0.05, 0.1) is 6.54 Å². The van der Waals surface area contributed by atoms with E-state index in [1.807, 2.05) is 24.3 Å². The Kier molecular flexibility index (Phi) is 3.85. The number of nitrogens with one attached hydrogen (secondary N) is 1. The van der Waals surface area contributed by atoms with Gasteiger partial charge in [-0.05, 0) is 30.4 Å². The first-order valence-corrected chi connectivity index (χ1v) is 7.30. The molecule has 1 N–H and O–H groups in total. The first-order chi connectivity index (χ1) is 10.1. The summed E-state index contributed by atoms with van der Waals surface area (Å²) in [5.74, 6) is -0.618. The summed E-state index contributed by atoms with van der Waals surface area (Å²) in [4.78, 5) is 36.7. The number of urea groups is 1. The van der Waals surface area contributed by atoms with Crippen LogP contribution in [-0.2, 0) is 20.5 Å². The van der Waals surface area contributed by atoms with Crippen molar-refractivity contribution in [1.82, 2.24) is 10.2 Å². The molecule has 0 aliphatic carbocycles. The molecular formula is C17H22N2O3. The Hall–Kier alpha value is -2.17. The van der Waals surface area contributed by atoms with Gasteiger partial charge >= 0.3 is 6.03 Å². The van der Waals surface area contributed by atoms with E-state index in [1.54, 1.807) is 6.92 Å². The summed E-state index contributed by atoms with van der Waals surface area (Å²) in [7, 11) is 0. The van der Waals surface area contributed by atoms with E-state index in [9.17, 15) is 14.4 Å². The van der Waals surface area contributed by atoms with Crippen LogP contribution >= 0.6 is 0 Å². The van der Waals surface area contributed by atoms with Crippen LogP contribution in [0.3, 0.4) is 0 Å². The Morgan fingerprint density at radius 2 is 1.73 bits per heavy atom. The molecule has 1 heterocycles. The molecule has 1 unspecified atom stereocenters. The maximum Gasteiger partial charge on any atom is 0.325 e. The molecule has 1 fully saturated rings. The largest absolute Gasteiger partial charge is 0.325 e. The first-order valence-electron chi connectivity index (χ1n) is 7.30. The van der Waals surface area contributed by atoms with Gasteiger partial charge in [0.25, 0.3) is 5.91 Å². The monoisotopic (exact) mass is 302 g/mol. The van der Waals surface area contributed by atoms with Gasteiger partial charge in [0.1, 0.15) is 11.3 Å². The number of rotatable bonds is 3. The fraction of sp³-hybridized carbons (Fsp3) is 0.471. The van der Waals surface area contributed by atoms with Gasteiger partial charge in [-0.15, -0.1) is 0 Å². The van der Waals surface area contributed by atoms with Crippen LogP contribution in [0.2, 0.25) is 0 Å². The maximum atomic E-state index is 12.5. The van der Waals surface area contributed by atoms with Gasteiger partial charge in [0, 0.05) is 0 Å². The Labute approximate surface area is 130 Å². The molecule has 0 radical (unpaired) electrons. The number of amides is 3. The normalized spacial score (nSPS) is 22.0. The van der Waals surface area contributed by atoms with E-state index in [0.29, 0.717) is 5.56 Å². The predicted molar refractivity (Wildman–Crippen MR) is 83.4 cm³/mol. The quantitative estimate of drug-likeness (QED) is 0.872. The van der Waals surface area contributed by atoms with Gasteiger partial charge in [-0.2, -0.15) is 0 Å². The summed E-state index contributed by atoms with van der Waals surface area (Å²) in [6.45, 7) is 9.16. The molecule has 0 spiro atoms. The molecule has 0 saturated carbocycles. The number of hydrogen-bond donors (Lipinski definition) is 1. The minimum Gasteiger partial charge on any atom is -0.319 e. The molecule has 1 aromatic rings.